The van der Waals surface area contributed by atoms with Gasteiger partial charge in [0.15, 0.2) is 5.75 Å². The number of carbonyl (C=O) groups excluding carboxylic acids is 1. The zero-order valence-electron chi connectivity index (χ0n) is 12.1. The van der Waals surface area contributed by atoms with Crippen molar-refractivity contribution in [3.05, 3.63) is 58.3 Å². The Morgan fingerprint density at radius 2 is 2.18 bits per heavy atom. The summed E-state index contributed by atoms with van der Waals surface area (Å²) in [4.78, 5) is 26.8. The molecule has 114 valence electrons. The summed E-state index contributed by atoms with van der Waals surface area (Å²) in [5.74, 6) is -0.334. The molecule has 2 rings (SSSR count). The van der Waals surface area contributed by atoms with Gasteiger partial charge in [0, 0.05) is 24.0 Å². The number of allylic oxidation sites excluding steroid dienone is 2. The third-order valence-corrected chi connectivity index (χ3v) is 3.09. The second-order valence-electron chi connectivity index (χ2n) is 4.86. The van der Waals surface area contributed by atoms with Gasteiger partial charge in [0.05, 0.1) is 17.6 Å². The lowest BCUT2D eigenvalue weighted by Gasteiger charge is -2.22. The van der Waals surface area contributed by atoms with Gasteiger partial charge >= 0.3 is 5.69 Å². The van der Waals surface area contributed by atoms with Crippen molar-refractivity contribution in [1.29, 1.82) is 0 Å². The van der Waals surface area contributed by atoms with Crippen LogP contribution in [-0.4, -0.2) is 29.7 Å². The predicted molar refractivity (Wildman–Crippen MR) is 82.3 cm³/mol. The summed E-state index contributed by atoms with van der Waals surface area (Å²) in [6.45, 7) is 1.77. The van der Waals surface area contributed by atoms with Gasteiger partial charge in [0.1, 0.15) is 0 Å². The van der Waals surface area contributed by atoms with Crippen LogP contribution in [0.3, 0.4) is 0 Å². The molecule has 1 atom stereocenters. The molecule has 0 aliphatic carbocycles. The summed E-state index contributed by atoms with van der Waals surface area (Å²) in [5, 5.41) is 13.8. The topological polar surface area (TPSA) is 93.8 Å². The number of hydrogen-bond donors (Lipinski definition) is 1. The largest absolute Gasteiger partial charge is 0.490 e. The lowest BCUT2D eigenvalue weighted by Crippen LogP contribution is -2.45. The number of methoxy groups -OCH3 is 1. The minimum absolute atomic E-state index is 0.105. The Labute approximate surface area is 127 Å². The van der Waals surface area contributed by atoms with Crippen LogP contribution >= 0.6 is 0 Å². The maximum atomic E-state index is 12.3. The number of aliphatic imine (C=N–C) groups is 1. The zero-order valence-corrected chi connectivity index (χ0v) is 12.1. The van der Waals surface area contributed by atoms with E-state index >= 15 is 0 Å². The summed E-state index contributed by atoms with van der Waals surface area (Å²) < 4.78 is 4.91. The molecule has 0 fully saturated rings. The minimum Gasteiger partial charge on any atom is -0.490 e. The average Bonchev–Trinajstić information content (AvgIpc) is 2.71. The Morgan fingerprint density at radius 1 is 1.41 bits per heavy atom. The molecule has 0 saturated carbocycles. The minimum atomic E-state index is -0.769. The van der Waals surface area contributed by atoms with Gasteiger partial charge in [-0.05, 0) is 25.1 Å². The van der Waals surface area contributed by atoms with E-state index in [0.29, 0.717) is 0 Å². The van der Waals surface area contributed by atoms with Gasteiger partial charge in [-0.3, -0.25) is 19.9 Å². The molecule has 1 aromatic carbocycles. The second-order valence-corrected chi connectivity index (χ2v) is 4.86. The first-order chi connectivity index (χ1) is 10.4. The van der Waals surface area contributed by atoms with Gasteiger partial charge in [-0.25, -0.2) is 0 Å². The number of nitrogens with zero attached hydrogens (tertiary/aromatic N) is 2. The van der Waals surface area contributed by atoms with E-state index in [-0.39, 0.29) is 17.0 Å². The van der Waals surface area contributed by atoms with E-state index in [9.17, 15) is 14.9 Å². The van der Waals surface area contributed by atoms with E-state index in [1.807, 2.05) is 0 Å². The molecule has 1 aliphatic heterocycles. The molecule has 1 aliphatic rings. The molecule has 0 saturated heterocycles. The smallest absolute Gasteiger partial charge is 0.311 e. The van der Waals surface area contributed by atoms with Gasteiger partial charge in [0.2, 0.25) is 0 Å². The number of carbonyl (C=O) groups is 1. The van der Waals surface area contributed by atoms with Crippen LogP contribution in [0.5, 0.6) is 5.75 Å². The molecule has 1 unspecified atom stereocenters. The molecular formula is C15H15N3O4. The first kappa shape index (κ1) is 15.4. The van der Waals surface area contributed by atoms with Crippen molar-refractivity contribution in [3.63, 3.8) is 0 Å². The van der Waals surface area contributed by atoms with Crippen molar-refractivity contribution < 1.29 is 14.5 Å². The first-order valence-corrected chi connectivity index (χ1v) is 6.49. The summed E-state index contributed by atoms with van der Waals surface area (Å²) in [6.07, 6.45) is 8.47. The molecule has 7 nitrogen and oxygen atoms in total. The van der Waals surface area contributed by atoms with Crippen molar-refractivity contribution in [2.75, 3.05) is 7.11 Å². The lowest BCUT2D eigenvalue weighted by molar-refractivity contribution is -0.385. The van der Waals surface area contributed by atoms with Crippen LogP contribution in [0, 0.1) is 10.1 Å². The Morgan fingerprint density at radius 3 is 2.86 bits per heavy atom. The van der Waals surface area contributed by atoms with Crippen LogP contribution < -0.4 is 10.1 Å². The van der Waals surface area contributed by atoms with Crippen molar-refractivity contribution in [2.24, 2.45) is 4.99 Å². The van der Waals surface area contributed by atoms with E-state index in [2.05, 4.69) is 10.3 Å². The second kappa shape index (κ2) is 6.21. The van der Waals surface area contributed by atoms with Crippen LogP contribution in [0.2, 0.25) is 0 Å². The van der Waals surface area contributed by atoms with E-state index in [0.717, 1.165) is 0 Å². The highest BCUT2D eigenvalue weighted by Crippen LogP contribution is 2.27. The van der Waals surface area contributed by atoms with Crippen LogP contribution in [0.4, 0.5) is 5.69 Å². The highest BCUT2D eigenvalue weighted by atomic mass is 16.6. The Bertz CT molecular complexity index is 676. The number of benzene rings is 1. The van der Waals surface area contributed by atoms with Crippen molar-refractivity contribution >= 4 is 17.8 Å². The molecule has 0 radical (unpaired) electrons. The highest BCUT2D eigenvalue weighted by molar-refractivity contribution is 5.98. The summed E-state index contributed by atoms with van der Waals surface area (Å²) in [7, 11) is 1.34. The molecule has 1 heterocycles. The predicted octanol–water partition coefficient (Wildman–Crippen LogP) is 2.25. The fourth-order valence-corrected chi connectivity index (χ4v) is 1.96. The third-order valence-electron chi connectivity index (χ3n) is 3.09. The van der Waals surface area contributed by atoms with Crippen LogP contribution in [0.15, 0.2) is 47.6 Å². The first-order valence-electron chi connectivity index (χ1n) is 6.49. The van der Waals surface area contributed by atoms with Crippen molar-refractivity contribution in [1.82, 2.24) is 5.32 Å². The van der Waals surface area contributed by atoms with Gasteiger partial charge in [-0.15, -0.1) is 0 Å². The number of nitro groups is 1. The Balaban J connectivity index is 2.27. The fourth-order valence-electron chi connectivity index (χ4n) is 1.96. The van der Waals surface area contributed by atoms with E-state index in [4.69, 9.17) is 4.74 Å². The van der Waals surface area contributed by atoms with E-state index in [1.54, 1.807) is 37.6 Å². The number of nitrogens with one attached hydrogen (secondary N) is 1. The number of nitro benzene ring substituents is 1. The summed E-state index contributed by atoms with van der Waals surface area (Å²) in [5.41, 5.74) is -0.852. The fraction of sp³-hybridized carbons (Fsp3) is 0.200. The van der Waals surface area contributed by atoms with Gasteiger partial charge in [0.25, 0.3) is 5.91 Å². The van der Waals surface area contributed by atoms with E-state index in [1.165, 1.54) is 25.3 Å². The van der Waals surface area contributed by atoms with Crippen molar-refractivity contribution in [3.8, 4) is 5.75 Å². The van der Waals surface area contributed by atoms with E-state index < -0.39 is 16.4 Å². The SMILES string of the molecule is COc1ccc(C(=O)NC2(C)C=CC=CN=C2)cc1[N+](=O)[O-]. The van der Waals surface area contributed by atoms with Gasteiger partial charge in [-0.1, -0.05) is 12.2 Å². The number of ether oxygens (including phenoxy) is 1. The lowest BCUT2D eigenvalue weighted by atomic mass is 10.0. The molecule has 1 aromatic rings. The average molecular weight is 301 g/mol. The molecular weight excluding hydrogens is 286 g/mol. The highest BCUT2D eigenvalue weighted by Gasteiger charge is 2.24. The maximum absolute atomic E-state index is 12.3. The molecule has 22 heavy (non-hydrogen) atoms. The molecule has 1 amide bonds. The zero-order chi connectivity index (χ0) is 16.2. The molecule has 0 aromatic heterocycles. The van der Waals surface area contributed by atoms with Gasteiger partial charge < -0.3 is 10.1 Å². The molecule has 1 N–H and O–H groups in total. The normalized spacial score (nSPS) is 19.5. The number of hydrogen-bond acceptors (Lipinski definition) is 5. The molecule has 0 spiro atoms. The standard InChI is InChI=1S/C15H15N3O4/c1-15(7-3-4-8-16-10-15)17-14(19)11-5-6-13(22-2)12(9-11)18(20)21/h3-10H,1-2H3,(H,17,19). The van der Waals surface area contributed by atoms with Crippen LogP contribution in [0.1, 0.15) is 17.3 Å². The monoisotopic (exact) mass is 301 g/mol. The van der Waals surface area contributed by atoms with Crippen LogP contribution in [-0.2, 0) is 0 Å². The quantitative estimate of drug-likeness (QED) is 0.681. The molecule has 7 heteroatoms. The summed E-state index contributed by atoms with van der Waals surface area (Å²) in [6, 6.07) is 4.06. The number of rotatable bonds is 4. The van der Waals surface area contributed by atoms with Crippen molar-refractivity contribution in [2.45, 2.75) is 12.5 Å². The summed E-state index contributed by atoms with van der Waals surface area (Å²) >= 11 is 0. The van der Waals surface area contributed by atoms with Crippen LogP contribution in [0.25, 0.3) is 0 Å². The Hall–Kier alpha value is -2.96. The maximum Gasteiger partial charge on any atom is 0.311 e. The third kappa shape index (κ3) is 3.38. The van der Waals surface area contributed by atoms with Gasteiger partial charge in [-0.2, -0.15) is 0 Å². The number of amides is 1. The Kier molecular flexibility index (Phi) is 4.36. The molecule has 0 bridgehead atoms.